The molecule has 0 aromatic rings. The summed E-state index contributed by atoms with van der Waals surface area (Å²) < 4.78 is 17.5. The van der Waals surface area contributed by atoms with Crippen molar-refractivity contribution in [3.8, 4) is 0 Å². The molecule has 0 aliphatic carbocycles. The van der Waals surface area contributed by atoms with Gasteiger partial charge in [-0.15, -0.1) is 24.8 Å². The smallest absolute Gasteiger partial charge is 0.0412 e. The topological polar surface area (TPSA) is 66.9 Å². The van der Waals surface area contributed by atoms with Crippen molar-refractivity contribution < 1.29 is 4.21 Å². The molecular formula is C4H14Cl2N2OS. The Morgan fingerprint density at radius 1 is 1.50 bits per heavy atom. The number of hydrogen-bond donors (Lipinski definition) is 2. The minimum atomic E-state index is -2.27. The first kappa shape index (κ1) is 16.8. The molecule has 0 rings (SSSR count). The highest BCUT2D eigenvalue weighted by atomic mass is 35.5. The average Bonchev–Trinajstić information content (AvgIpc) is 1.59. The molecule has 0 saturated heterocycles. The summed E-state index contributed by atoms with van der Waals surface area (Å²) in [6.07, 6.45) is 2.13. The van der Waals surface area contributed by atoms with Crippen molar-refractivity contribution in [2.24, 2.45) is 5.73 Å². The van der Waals surface area contributed by atoms with E-state index in [-0.39, 0.29) is 24.8 Å². The Morgan fingerprint density at radius 3 is 2.00 bits per heavy atom. The third-order valence-electron chi connectivity index (χ3n) is 0.738. The molecule has 0 aliphatic rings. The van der Waals surface area contributed by atoms with Crippen molar-refractivity contribution in [1.82, 2.24) is 0 Å². The van der Waals surface area contributed by atoms with E-state index in [4.69, 9.17) is 10.5 Å². The van der Waals surface area contributed by atoms with Crippen LogP contribution < -0.4 is 5.73 Å². The molecule has 0 bridgehead atoms. The Kier molecular flexibility index (Phi) is 12.8. The van der Waals surface area contributed by atoms with Crippen molar-refractivity contribution in [3.05, 3.63) is 0 Å². The molecule has 0 fully saturated rings. The van der Waals surface area contributed by atoms with E-state index < -0.39 is 9.73 Å². The zero-order valence-corrected chi connectivity index (χ0v) is 8.28. The van der Waals surface area contributed by atoms with Gasteiger partial charge in [0.2, 0.25) is 0 Å². The molecule has 6 heteroatoms. The fourth-order valence-electron chi connectivity index (χ4n) is 0.359. The number of rotatable bonds is 3. The maximum absolute atomic E-state index is 10.6. The van der Waals surface area contributed by atoms with Crippen LogP contribution in [0.15, 0.2) is 0 Å². The molecule has 0 amide bonds. The van der Waals surface area contributed by atoms with Crippen LogP contribution in [0.25, 0.3) is 0 Å². The first-order valence-corrected chi connectivity index (χ1v) is 4.61. The average molecular weight is 209 g/mol. The van der Waals surface area contributed by atoms with Gasteiger partial charge in [-0.05, 0) is 13.0 Å². The zero-order chi connectivity index (χ0) is 6.62. The summed E-state index contributed by atoms with van der Waals surface area (Å²) in [6.45, 7) is 0.531. The van der Waals surface area contributed by atoms with Crippen LogP contribution in [-0.2, 0) is 9.73 Å². The van der Waals surface area contributed by atoms with Gasteiger partial charge < -0.3 is 5.73 Å². The van der Waals surface area contributed by atoms with Gasteiger partial charge in [0, 0.05) is 21.7 Å². The second-order valence-corrected chi connectivity index (χ2v) is 4.27. The van der Waals surface area contributed by atoms with E-state index in [0.29, 0.717) is 18.7 Å². The van der Waals surface area contributed by atoms with Crippen molar-refractivity contribution in [1.29, 1.82) is 4.78 Å². The van der Waals surface area contributed by atoms with Gasteiger partial charge in [-0.2, -0.15) is 0 Å². The predicted molar refractivity (Wildman–Crippen MR) is 49.8 cm³/mol. The van der Waals surface area contributed by atoms with Gasteiger partial charge in [0.1, 0.15) is 0 Å². The second-order valence-electron chi connectivity index (χ2n) is 1.85. The zero-order valence-electron chi connectivity index (χ0n) is 5.83. The van der Waals surface area contributed by atoms with Gasteiger partial charge in [-0.25, -0.2) is 0 Å². The minimum absolute atomic E-state index is 0. The van der Waals surface area contributed by atoms with E-state index in [1.807, 2.05) is 0 Å². The molecule has 3 N–H and O–H groups in total. The minimum Gasteiger partial charge on any atom is -0.330 e. The molecule has 0 aliphatic heterocycles. The third kappa shape index (κ3) is 15.8. The summed E-state index contributed by atoms with van der Waals surface area (Å²) in [5.74, 6) is 0.434. The van der Waals surface area contributed by atoms with Crippen LogP contribution in [0.1, 0.15) is 6.42 Å². The maximum atomic E-state index is 10.6. The molecular weight excluding hydrogens is 195 g/mol. The molecule has 0 aromatic carbocycles. The second kappa shape index (κ2) is 7.60. The van der Waals surface area contributed by atoms with Crippen LogP contribution in [0.5, 0.6) is 0 Å². The Morgan fingerprint density at radius 2 is 1.90 bits per heavy atom. The lowest BCUT2D eigenvalue weighted by molar-refractivity contribution is 0.676. The summed E-state index contributed by atoms with van der Waals surface area (Å²) in [5.41, 5.74) is 5.13. The number of hydrogen-bond acceptors (Lipinski definition) is 3. The first-order chi connectivity index (χ1) is 3.56. The van der Waals surface area contributed by atoms with Crippen LogP contribution in [0.4, 0.5) is 0 Å². The molecule has 66 valence electrons. The summed E-state index contributed by atoms with van der Waals surface area (Å²) in [7, 11) is -2.27. The lowest BCUT2D eigenvalue weighted by atomic mass is 10.5. The predicted octanol–water partition coefficient (Wildman–Crippen LogP) is 0.855. The Bertz CT molecular complexity index is 145. The van der Waals surface area contributed by atoms with Gasteiger partial charge >= 0.3 is 0 Å². The number of nitrogens with one attached hydrogen (secondary N) is 1. The molecule has 0 heterocycles. The maximum Gasteiger partial charge on any atom is 0.0412 e. The van der Waals surface area contributed by atoms with Crippen LogP contribution in [-0.4, -0.2) is 22.8 Å². The van der Waals surface area contributed by atoms with E-state index in [0.717, 1.165) is 0 Å². The summed E-state index contributed by atoms with van der Waals surface area (Å²) in [5, 5.41) is 0. The molecule has 1 unspecified atom stereocenters. The summed E-state index contributed by atoms with van der Waals surface area (Å²) in [6, 6.07) is 0. The molecule has 0 radical (unpaired) electrons. The molecule has 0 spiro atoms. The largest absolute Gasteiger partial charge is 0.330 e. The summed E-state index contributed by atoms with van der Waals surface area (Å²) in [4.78, 5) is 0. The Hall–Kier alpha value is 0.490. The van der Waals surface area contributed by atoms with Crippen LogP contribution in [0.2, 0.25) is 0 Å². The third-order valence-corrected chi connectivity index (χ3v) is 1.81. The SMILES string of the molecule is CS(=N)(=O)CCCN.Cl.Cl. The summed E-state index contributed by atoms with van der Waals surface area (Å²) >= 11 is 0. The quantitative estimate of drug-likeness (QED) is 0.723. The monoisotopic (exact) mass is 208 g/mol. The van der Waals surface area contributed by atoms with Crippen LogP contribution in [0.3, 0.4) is 0 Å². The first-order valence-electron chi connectivity index (χ1n) is 2.48. The number of nitrogens with two attached hydrogens (primary N) is 1. The molecule has 0 aromatic heterocycles. The molecule has 0 saturated carbocycles. The fourth-order valence-corrected chi connectivity index (χ4v) is 1.08. The van der Waals surface area contributed by atoms with Gasteiger partial charge in [-0.1, -0.05) is 0 Å². The van der Waals surface area contributed by atoms with Crippen molar-refractivity contribution in [2.75, 3.05) is 18.6 Å². The van der Waals surface area contributed by atoms with Crippen molar-refractivity contribution >= 4 is 34.5 Å². The highest BCUT2D eigenvalue weighted by Crippen LogP contribution is 1.86. The highest BCUT2D eigenvalue weighted by molar-refractivity contribution is 7.91. The van der Waals surface area contributed by atoms with Crippen LogP contribution in [0, 0.1) is 4.78 Å². The molecule has 3 nitrogen and oxygen atoms in total. The molecule has 1 atom stereocenters. The van der Waals surface area contributed by atoms with E-state index in [2.05, 4.69) is 0 Å². The van der Waals surface area contributed by atoms with E-state index >= 15 is 0 Å². The number of halogens is 2. The van der Waals surface area contributed by atoms with Crippen LogP contribution >= 0.6 is 24.8 Å². The van der Waals surface area contributed by atoms with Gasteiger partial charge in [0.15, 0.2) is 0 Å². The fraction of sp³-hybridized carbons (Fsp3) is 1.00. The van der Waals surface area contributed by atoms with E-state index in [9.17, 15) is 4.21 Å². The molecule has 10 heavy (non-hydrogen) atoms. The van der Waals surface area contributed by atoms with E-state index in [1.165, 1.54) is 6.26 Å². The van der Waals surface area contributed by atoms with E-state index in [1.54, 1.807) is 0 Å². The van der Waals surface area contributed by atoms with Gasteiger partial charge in [0.05, 0.1) is 0 Å². The standard InChI is InChI=1S/C4H12N2OS.2ClH/c1-8(6,7)4-2-3-5;;/h6H,2-5H2,1H3;2*1H. The lowest BCUT2D eigenvalue weighted by Gasteiger charge is -1.95. The van der Waals surface area contributed by atoms with Gasteiger partial charge in [-0.3, -0.25) is 8.99 Å². The van der Waals surface area contributed by atoms with Gasteiger partial charge in [0.25, 0.3) is 0 Å². The van der Waals surface area contributed by atoms with Crippen molar-refractivity contribution in [2.45, 2.75) is 6.42 Å². The van der Waals surface area contributed by atoms with Crippen molar-refractivity contribution in [3.63, 3.8) is 0 Å². The highest BCUT2D eigenvalue weighted by Gasteiger charge is 1.93. The Balaban J connectivity index is -0.000000245. The Labute approximate surface area is 74.5 Å². The normalized spacial score (nSPS) is 14.2. The lowest BCUT2D eigenvalue weighted by Crippen LogP contribution is -2.07.